The molecule has 3 aliphatic rings. The maximum absolute atomic E-state index is 13.8. The minimum absolute atomic E-state index is 0.0210. The summed E-state index contributed by atoms with van der Waals surface area (Å²) in [6, 6.07) is 18.4. The highest BCUT2D eigenvalue weighted by molar-refractivity contribution is 8.04. The first-order chi connectivity index (χ1) is 18.5. The first kappa shape index (κ1) is 26.5. The van der Waals surface area contributed by atoms with Crippen LogP contribution < -0.4 is 5.32 Å². The number of thioether (sulfide) groups is 1. The quantitative estimate of drug-likeness (QED) is 0.393. The summed E-state index contributed by atoms with van der Waals surface area (Å²) >= 11 is 1.69. The Morgan fingerprint density at radius 3 is 2.71 bits per heavy atom. The van der Waals surface area contributed by atoms with Crippen LogP contribution in [-0.4, -0.2) is 58.4 Å². The minimum atomic E-state index is -0.0993. The summed E-state index contributed by atoms with van der Waals surface area (Å²) in [6.45, 7) is 4.74. The number of nitrogens with one attached hydrogen (secondary N) is 1. The molecule has 0 aromatic heterocycles. The van der Waals surface area contributed by atoms with Crippen molar-refractivity contribution in [3.05, 3.63) is 76.2 Å². The molecule has 1 aliphatic carbocycles. The zero-order valence-corrected chi connectivity index (χ0v) is 22.9. The molecule has 2 saturated heterocycles. The molecule has 200 valence electrons. The number of rotatable bonds is 8. The topological polar surface area (TPSA) is 69.7 Å². The third-order valence-corrected chi connectivity index (χ3v) is 9.28. The molecule has 0 radical (unpaired) electrons. The second kappa shape index (κ2) is 12.2. The highest BCUT2D eigenvalue weighted by atomic mass is 32.2. The van der Waals surface area contributed by atoms with Gasteiger partial charge in [0.05, 0.1) is 4.91 Å². The van der Waals surface area contributed by atoms with Gasteiger partial charge in [-0.3, -0.25) is 14.4 Å². The average molecular weight is 532 g/mol. The molecule has 2 aromatic carbocycles. The zero-order valence-electron chi connectivity index (χ0n) is 22.1. The van der Waals surface area contributed by atoms with Gasteiger partial charge in [-0.2, -0.15) is 0 Å². The lowest BCUT2D eigenvalue weighted by atomic mass is 9.83. The molecule has 3 unspecified atom stereocenters. The van der Waals surface area contributed by atoms with Crippen LogP contribution in [0.1, 0.15) is 55.2 Å². The van der Waals surface area contributed by atoms with Crippen molar-refractivity contribution in [2.75, 3.05) is 19.6 Å². The van der Waals surface area contributed by atoms with E-state index in [4.69, 9.17) is 0 Å². The van der Waals surface area contributed by atoms with E-state index < -0.39 is 0 Å². The fourth-order valence-corrected chi connectivity index (χ4v) is 7.30. The van der Waals surface area contributed by atoms with Gasteiger partial charge in [-0.05, 0) is 56.2 Å². The largest absolute Gasteiger partial charge is 0.356 e. The first-order valence-electron chi connectivity index (χ1n) is 13.8. The number of hydrogen-bond acceptors (Lipinski definition) is 4. The van der Waals surface area contributed by atoms with E-state index in [1.807, 2.05) is 52.3 Å². The van der Waals surface area contributed by atoms with Gasteiger partial charge in [0.1, 0.15) is 0 Å². The fraction of sp³-hybridized carbons (Fsp3) is 0.452. The highest BCUT2D eigenvalue weighted by Gasteiger charge is 2.44. The molecule has 6 nitrogen and oxygen atoms in total. The van der Waals surface area contributed by atoms with Crippen molar-refractivity contribution in [1.29, 1.82) is 0 Å². The van der Waals surface area contributed by atoms with Crippen molar-refractivity contribution >= 4 is 35.6 Å². The van der Waals surface area contributed by atoms with E-state index in [2.05, 4.69) is 30.4 Å². The Hall–Kier alpha value is -3.06. The number of nitrogens with zero attached hydrogens (tertiary/aromatic N) is 2. The lowest BCUT2D eigenvalue weighted by molar-refractivity contribution is -0.133. The Bertz CT molecular complexity index is 1200. The standard InChI is InChI=1S/C31H37N3O3S/c1-22-8-5-11-24(18-22)21-34-26-20-25(30(36)32-15-7-17-33-16-6-12-29(33)35)13-14-27(26)38-28(31(34)37)19-23-9-3-2-4-10-23/h2-5,8-11,18-19,25-27H,6-7,12-17,20-21H2,1H3,(H,32,36)/b28-19-. The van der Waals surface area contributed by atoms with Crippen LogP contribution in [0.15, 0.2) is 59.5 Å². The van der Waals surface area contributed by atoms with Crippen molar-refractivity contribution in [3.63, 3.8) is 0 Å². The Morgan fingerprint density at radius 2 is 1.95 bits per heavy atom. The molecular formula is C31H37N3O3S. The van der Waals surface area contributed by atoms with Crippen LogP contribution in [0.3, 0.4) is 0 Å². The van der Waals surface area contributed by atoms with Gasteiger partial charge in [0.15, 0.2) is 0 Å². The molecule has 0 bridgehead atoms. The van der Waals surface area contributed by atoms with Crippen LogP contribution in [0.25, 0.3) is 6.08 Å². The van der Waals surface area contributed by atoms with Gasteiger partial charge in [0.25, 0.3) is 5.91 Å². The molecule has 2 aromatic rings. The molecule has 5 rings (SSSR count). The van der Waals surface area contributed by atoms with Crippen LogP contribution in [0.4, 0.5) is 0 Å². The number of amides is 3. The Balaban J connectivity index is 1.27. The highest BCUT2D eigenvalue weighted by Crippen LogP contribution is 2.44. The third-order valence-electron chi connectivity index (χ3n) is 7.88. The molecule has 3 amide bonds. The van der Waals surface area contributed by atoms with Crippen molar-refractivity contribution in [1.82, 2.24) is 15.1 Å². The predicted molar refractivity (Wildman–Crippen MR) is 152 cm³/mol. The number of likely N-dealkylation sites (tertiary alicyclic amines) is 1. The van der Waals surface area contributed by atoms with E-state index in [1.54, 1.807) is 11.8 Å². The summed E-state index contributed by atoms with van der Waals surface area (Å²) < 4.78 is 0. The van der Waals surface area contributed by atoms with Gasteiger partial charge >= 0.3 is 0 Å². The lowest BCUT2D eigenvalue weighted by Gasteiger charge is -2.46. The normalized spacial score (nSPS) is 24.6. The van der Waals surface area contributed by atoms with Crippen LogP contribution in [0, 0.1) is 12.8 Å². The Labute approximate surface area is 229 Å². The average Bonchev–Trinajstić information content (AvgIpc) is 3.33. The maximum Gasteiger partial charge on any atom is 0.260 e. The molecule has 3 fully saturated rings. The number of carbonyl (C=O) groups is 3. The summed E-state index contributed by atoms with van der Waals surface area (Å²) in [5.41, 5.74) is 3.32. The number of carbonyl (C=O) groups excluding carboxylic acids is 3. The zero-order chi connectivity index (χ0) is 26.5. The molecule has 2 heterocycles. The molecule has 3 atom stereocenters. The second-order valence-corrected chi connectivity index (χ2v) is 12.0. The molecule has 7 heteroatoms. The van der Waals surface area contributed by atoms with E-state index in [-0.39, 0.29) is 34.9 Å². The van der Waals surface area contributed by atoms with Crippen LogP contribution >= 0.6 is 11.8 Å². The van der Waals surface area contributed by atoms with E-state index >= 15 is 0 Å². The smallest absolute Gasteiger partial charge is 0.260 e. The lowest BCUT2D eigenvalue weighted by Crippen LogP contribution is -2.53. The predicted octanol–water partition coefficient (Wildman–Crippen LogP) is 4.78. The van der Waals surface area contributed by atoms with Gasteiger partial charge in [-0.15, -0.1) is 11.8 Å². The van der Waals surface area contributed by atoms with Crippen LogP contribution in [-0.2, 0) is 20.9 Å². The molecule has 38 heavy (non-hydrogen) atoms. The number of hydrogen-bond donors (Lipinski definition) is 1. The monoisotopic (exact) mass is 531 g/mol. The van der Waals surface area contributed by atoms with E-state index in [0.29, 0.717) is 32.5 Å². The maximum atomic E-state index is 13.8. The van der Waals surface area contributed by atoms with Crippen LogP contribution in [0.5, 0.6) is 0 Å². The van der Waals surface area contributed by atoms with Gasteiger partial charge in [0, 0.05) is 49.8 Å². The van der Waals surface area contributed by atoms with Gasteiger partial charge in [-0.1, -0.05) is 60.2 Å². The van der Waals surface area contributed by atoms with Crippen molar-refractivity contribution in [3.8, 4) is 0 Å². The summed E-state index contributed by atoms with van der Waals surface area (Å²) in [4.78, 5) is 43.4. The summed E-state index contributed by atoms with van der Waals surface area (Å²) in [5.74, 6) is 0.258. The van der Waals surface area contributed by atoms with E-state index in [0.717, 1.165) is 48.3 Å². The number of fused-ring (bicyclic) bond motifs is 1. The SMILES string of the molecule is Cc1cccc(CN2C(=O)/C(=C/c3ccccc3)SC3CCC(C(=O)NCCCN4CCCC4=O)CC32)c1. The fourth-order valence-electron chi connectivity index (χ4n) is 5.89. The van der Waals surface area contributed by atoms with Gasteiger partial charge in [-0.25, -0.2) is 0 Å². The third kappa shape index (κ3) is 6.32. The minimum Gasteiger partial charge on any atom is -0.356 e. The summed E-state index contributed by atoms with van der Waals surface area (Å²) in [5, 5.41) is 3.39. The Kier molecular flexibility index (Phi) is 8.52. The molecule has 1 saturated carbocycles. The molecule has 2 aliphatic heterocycles. The van der Waals surface area contributed by atoms with Gasteiger partial charge in [0.2, 0.25) is 11.8 Å². The molecule has 0 spiro atoms. The second-order valence-electron chi connectivity index (χ2n) is 10.7. The molecule has 1 N–H and O–H groups in total. The van der Waals surface area contributed by atoms with Gasteiger partial charge < -0.3 is 15.1 Å². The van der Waals surface area contributed by atoms with Crippen molar-refractivity contribution in [2.24, 2.45) is 5.92 Å². The van der Waals surface area contributed by atoms with Crippen molar-refractivity contribution < 1.29 is 14.4 Å². The van der Waals surface area contributed by atoms with E-state index in [9.17, 15) is 14.4 Å². The number of benzene rings is 2. The first-order valence-corrected chi connectivity index (χ1v) is 14.7. The van der Waals surface area contributed by atoms with E-state index in [1.165, 1.54) is 5.56 Å². The Morgan fingerprint density at radius 1 is 1.11 bits per heavy atom. The van der Waals surface area contributed by atoms with Crippen LogP contribution in [0.2, 0.25) is 0 Å². The number of aryl methyl sites for hydroxylation is 1. The van der Waals surface area contributed by atoms with Crippen molar-refractivity contribution in [2.45, 2.75) is 63.3 Å². The molecular weight excluding hydrogens is 494 g/mol. The summed E-state index contributed by atoms with van der Waals surface area (Å²) in [7, 11) is 0. The summed E-state index contributed by atoms with van der Waals surface area (Å²) in [6.07, 6.45) is 6.79.